The lowest BCUT2D eigenvalue weighted by atomic mass is 10.0. The number of phenols is 3. The number of phenolic OH excluding ortho intramolecular Hbond substituents is 3. The van der Waals surface area contributed by atoms with Gasteiger partial charge >= 0.3 is 0 Å². The second-order valence-electron chi connectivity index (χ2n) is 4.66. The predicted molar refractivity (Wildman–Crippen MR) is 85.0 cm³/mol. The number of nitrogens with two attached hydrogens (primary N) is 1. The van der Waals surface area contributed by atoms with E-state index in [-0.39, 0.29) is 17.2 Å². The first kappa shape index (κ1) is 15.2. The van der Waals surface area contributed by atoms with Crippen molar-refractivity contribution in [3.8, 4) is 17.2 Å². The molecule has 0 saturated carbocycles. The molecule has 0 bridgehead atoms. The molecule has 5 N–H and O–H groups in total. The van der Waals surface area contributed by atoms with E-state index in [2.05, 4.69) is 0 Å². The average molecular weight is 297 g/mol. The number of rotatable bonds is 4. The van der Waals surface area contributed by atoms with Gasteiger partial charge in [0.05, 0.1) is 0 Å². The molecule has 2 rings (SSSR count). The van der Waals surface area contributed by atoms with E-state index in [9.17, 15) is 20.1 Å². The van der Waals surface area contributed by atoms with E-state index in [0.717, 1.165) is 5.56 Å². The molecule has 0 heterocycles. The molecule has 0 radical (unpaired) electrons. The van der Waals surface area contributed by atoms with Crippen molar-refractivity contribution in [3.63, 3.8) is 0 Å². The van der Waals surface area contributed by atoms with E-state index in [1.165, 1.54) is 42.5 Å². The summed E-state index contributed by atoms with van der Waals surface area (Å²) >= 11 is 0. The largest absolute Gasteiger partial charge is 0.508 e. The third-order valence-electron chi connectivity index (χ3n) is 2.88. The number of benzene rings is 2. The summed E-state index contributed by atoms with van der Waals surface area (Å²) in [7, 11) is 0. The van der Waals surface area contributed by atoms with Crippen molar-refractivity contribution in [2.45, 2.75) is 0 Å². The van der Waals surface area contributed by atoms with Crippen molar-refractivity contribution in [2.75, 3.05) is 0 Å². The van der Waals surface area contributed by atoms with Gasteiger partial charge in [-0.05, 0) is 47.0 Å². The smallest absolute Gasteiger partial charge is 0.241 e. The molecule has 0 aliphatic rings. The molecular formula is C17H15NO4. The zero-order valence-corrected chi connectivity index (χ0v) is 11.6. The molecule has 5 nitrogen and oxygen atoms in total. The minimum Gasteiger partial charge on any atom is -0.508 e. The predicted octanol–water partition coefficient (Wildman–Crippen LogP) is 2.47. The van der Waals surface area contributed by atoms with Crippen LogP contribution in [0.25, 0.3) is 18.2 Å². The van der Waals surface area contributed by atoms with Gasteiger partial charge in [-0.1, -0.05) is 18.2 Å². The van der Waals surface area contributed by atoms with Crippen LogP contribution in [0.2, 0.25) is 0 Å². The van der Waals surface area contributed by atoms with Crippen molar-refractivity contribution in [1.29, 1.82) is 0 Å². The lowest BCUT2D eigenvalue weighted by molar-refractivity contribution is -0.113. The first-order valence-corrected chi connectivity index (χ1v) is 6.46. The maximum Gasteiger partial charge on any atom is 0.241 e. The van der Waals surface area contributed by atoms with Crippen LogP contribution in [0.4, 0.5) is 0 Å². The van der Waals surface area contributed by atoms with Crippen molar-refractivity contribution in [1.82, 2.24) is 0 Å². The molecule has 0 aromatic heterocycles. The normalized spacial score (nSPS) is 11.3. The zero-order chi connectivity index (χ0) is 16.1. The molecule has 0 spiro atoms. The van der Waals surface area contributed by atoms with Gasteiger partial charge in [0.2, 0.25) is 5.91 Å². The topological polar surface area (TPSA) is 104 Å². The minimum absolute atomic E-state index is 0.0424. The monoisotopic (exact) mass is 297 g/mol. The lowest BCUT2D eigenvalue weighted by Gasteiger charge is -2.03. The van der Waals surface area contributed by atoms with Crippen molar-refractivity contribution in [2.24, 2.45) is 5.73 Å². The first-order chi connectivity index (χ1) is 10.4. The fourth-order valence-corrected chi connectivity index (χ4v) is 1.93. The van der Waals surface area contributed by atoms with E-state index in [4.69, 9.17) is 5.73 Å². The Morgan fingerprint density at radius 3 is 2.14 bits per heavy atom. The zero-order valence-electron chi connectivity index (χ0n) is 11.6. The summed E-state index contributed by atoms with van der Waals surface area (Å²) in [5, 5.41) is 28.4. The number of hydrogen-bond donors (Lipinski definition) is 4. The van der Waals surface area contributed by atoms with Gasteiger partial charge in [-0.2, -0.15) is 0 Å². The van der Waals surface area contributed by atoms with Gasteiger partial charge in [-0.3, -0.25) is 4.79 Å². The Kier molecular flexibility index (Phi) is 4.48. The number of carbonyl (C=O) groups excluding carboxylic acids is 1. The maximum absolute atomic E-state index is 10.8. The molecule has 5 heteroatoms. The van der Waals surface area contributed by atoms with Crippen LogP contribution in [0.5, 0.6) is 17.2 Å². The van der Waals surface area contributed by atoms with E-state index < -0.39 is 5.91 Å². The van der Waals surface area contributed by atoms with Gasteiger partial charge in [0, 0.05) is 12.1 Å². The average Bonchev–Trinajstić information content (AvgIpc) is 2.43. The first-order valence-electron chi connectivity index (χ1n) is 6.46. The van der Waals surface area contributed by atoms with Crippen LogP contribution >= 0.6 is 0 Å². The quantitative estimate of drug-likeness (QED) is 0.514. The molecule has 0 saturated heterocycles. The van der Waals surface area contributed by atoms with Crippen LogP contribution in [0.3, 0.4) is 0 Å². The second-order valence-corrected chi connectivity index (χ2v) is 4.66. The summed E-state index contributed by atoms with van der Waals surface area (Å²) in [5.74, 6) is -0.606. The molecule has 0 aliphatic carbocycles. The number of amides is 1. The highest BCUT2D eigenvalue weighted by Crippen LogP contribution is 2.24. The van der Waals surface area contributed by atoms with E-state index >= 15 is 0 Å². The summed E-state index contributed by atoms with van der Waals surface area (Å²) in [6.07, 6.45) is 6.12. The molecule has 0 fully saturated rings. The summed E-state index contributed by atoms with van der Waals surface area (Å²) < 4.78 is 0. The highest BCUT2D eigenvalue weighted by atomic mass is 16.3. The Morgan fingerprint density at radius 2 is 1.50 bits per heavy atom. The van der Waals surface area contributed by atoms with Gasteiger partial charge in [0.1, 0.15) is 17.2 Å². The van der Waals surface area contributed by atoms with Crippen molar-refractivity contribution >= 4 is 24.1 Å². The second kappa shape index (κ2) is 6.49. The molecule has 1 amide bonds. The Bertz CT molecular complexity index is 743. The van der Waals surface area contributed by atoms with Crippen LogP contribution < -0.4 is 5.73 Å². The SMILES string of the molecule is NC(=O)/C=C/c1cc(O)ccc1/C=C/c1cc(O)cc(O)c1. The lowest BCUT2D eigenvalue weighted by Crippen LogP contribution is -2.05. The third-order valence-corrected chi connectivity index (χ3v) is 2.88. The standard InChI is InChI=1S/C17H15NO4/c18-17(22)6-4-13-9-14(19)5-3-12(13)2-1-11-7-15(20)10-16(21)8-11/h1-10,19-21H,(H2,18,22)/b2-1+,6-4+. The summed E-state index contributed by atoms with van der Waals surface area (Å²) in [6, 6.07) is 8.92. The molecule has 0 atom stereocenters. The van der Waals surface area contributed by atoms with Crippen LogP contribution in [0.1, 0.15) is 16.7 Å². The molecule has 22 heavy (non-hydrogen) atoms. The Morgan fingerprint density at radius 1 is 0.818 bits per heavy atom. The van der Waals surface area contributed by atoms with Crippen molar-refractivity contribution in [3.05, 3.63) is 59.2 Å². The maximum atomic E-state index is 10.8. The number of hydrogen-bond acceptors (Lipinski definition) is 4. The van der Waals surface area contributed by atoms with Crippen LogP contribution in [-0.4, -0.2) is 21.2 Å². The molecular weight excluding hydrogens is 282 g/mol. The highest BCUT2D eigenvalue weighted by molar-refractivity contribution is 5.91. The Labute approximate surface area is 127 Å². The summed E-state index contributed by atoms with van der Waals surface area (Å²) in [6.45, 7) is 0. The highest BCUT2D eigenvalue weighted by Gasteiger charge is 2.00. The number of aromatic hydroxyl groups is 3. The third kappa shape index (κ3) is 4.14. The molecule has 2 aromatic carbocycles. The minimum atomic E-state index is -0.587. The molecule has 0 unspecified atom stereocenters. The van der Waals surface area contributed by atoms with Crippen LogP contribution in [-0.2, 0) is 4.79 Å². The van der Waals surface area contributed by atoms with Gasteiger partial charge in [-0.25, -0.2) is 0 Å². The van der Waals surface area contributed by atoms with Gasteiger partial charge in [0.15, 0.2) is 0 Å². The van der Waals surface area contributed by atoms with Gasteiger partial charge in [0.25, 0.3) is 0 Å². The van der Waals surface area contributed by atoms with E-state index in [1.807, 2.05) is 0 Å². The fourth-order valence-electron chi connectivity index (χ4n) is 1.93. The summed E-state index contributed by atoms with van der Waals surface area (Å²) in [5.41, 5.74) is 7.02. The van der Waals surface area contributed by atoms with E-state index in [0.29, 0.717) is 11.1 Å². The molecule has 0 aliphatic heterocycles. The van der Waals surface area contributed by atoms with Crippen LogP contribution in [0, 0.1) is 0 Å². The van der Waals surface area contributed by atoms with Crippen molar-refractivity contribution < 1.29 is 20.1 Å². The van der Waals surface area contributed by atoms with Gasteiger partial charge in [-0.15, -0.1) is 0 Å². The number of primary amides is 1. The molecule has 112 valence electrons. The molecule has 2 aromatic rings. The fraction of sp³-hybridized carbons (Fsp3) is 0. The summed E-state index contributed by atoms with van der Waals surface area (Å²) in [4.78, 5) is 10.8. The number of carbonyl (C=O) groups is 1. The van der Waals surface area contributed by atoms with Gasteiger partial charge < -0.3 is 21.1 Å². The Hall–Kier alpha value is -3.21. The van der Waals surface area contributed by atoms with Crippen LogP contribution in [0.15, 0.2) is 42.5 Å². The van der Waals surface area contributed by atoms with E-state index in [1.54, 1.807) is 18.2 Å². The Balaban J connectivity index is 2.36.